The van der Waals surface area contributed by atoms with E-state index in [1.54, 1.807) is 55.4 Å². The van der Waals surface area contributed by atoms with Crippen LogP contribution in [0.2, 0.25) is 0 Å². The second-order valence-electron chi connectivity index (χ2n) is 16.6. The summed E-state index contributed by atoms with van der Waals surface area (Å²) < 4.78 is 6.42. The van der Waals surface area contributed by atoms with E-state index in [1.165, 1.54) is 27.7 Å². The van der Waals surface area contributed by atoms with E-state index in [0.29, 0.717) is 0 Å². The first-order chi connectivity index (χ1) is 21.2. The molecular weight excluding hydrogens is 600 g/mol. The van der Waals surface area contributed by atoms with Crippen molar-refractivity contribution in [2.45, 2.75) is 109 Å². The van der Waals surface area contributed by atoms with Crippen molar-refractivity contribution in [1.82, 2.24) is 0 Å². The van der Waals surface area contributed by atoms with Crippen LogP contribution in [-0.4, -0.2) is 44.2 Å². The number of benzene rings is 1. The van der Waals surface area contributed by atoms with Crippen LogP contribution < -0.4 is 4.74 Å². The Hall–Kier alpha value is -3.75. The first kappa shape index (κ1) is 36.1. The maximum atomic E-state index is 14.2. The number of rotatable bonds is 6. The van der Waals surface area contributed by atoms with Gasteiger partial charge in [0.1, 0.15) is 34.3 Å². The van der Waals surface area contributed by atoms with Crippen LogP contribution in [0.1, 0.15) is 130 Å². The second kappa shape index (κ2) is 10.9. The van der Waals surface area contributed by atoms with E-state index < -0.39 is 85.7 Å². The SMILES string of the molecule is CC(C)C(=O)c1c(O)c([C@H](C2=C(O)C(C)(C)C(=O)C(C)(C)C2=O)C(C)C)c(O)c2c1OC1=C(C(=O)C(C)(C)C(=O)C1(C)C)[C@@H]2C(C)C. The number of carbonyl (C=O) groups is 5. The molecule has 1 aromatic carbocycles. The fourth-order valence-corrected chi connectivity index (χ4v) is 7.96. The molecule has 0 saturated heterocycles. The minimum Gasteiger partial charge on any atom is -0.511 e. The van der Waals surface area contributed by atoms with Crippen LogP contribution in [0.3, 0.4) is 0 Å². The van der Waals surface area contributed by atoms with Crippen LogP contribution in [0.25, 0.3) is 0 Å². The number of phenolic OH excluding ortho intramolecular Hbond substituents is 2. The molecule has 0 spiro atoms. The van der Waals surface area contributed by atoms with Crippen molar-refractivity contribution >= 4 is 28.9 Å². The molecule has 256 valence electrons. The molecule has 4 rings (SSSR count). The molecule has 9 heteroatoms. The lowest BCUT2D eigenvalue weighted by atomic mass is 9.58. The van der Waals surface area contributed by atoms with Gasteiger partial charge < -0.3 is 20.1 Å². The smallest absolute Gasteiger partial charge is 0.175 e. The Balaban J connectivity index is 2.24. The quantitative estimate of drug-likeness (QED) is 0.213. The van der Waals surface area contributed by atoms with Crippen LogP contribution in [0, 0.1) is 39.4 Å². The fourth-order valence-electron chi connectivity index (χ4n) is 7.96. The van der Waals surface area contributed by atoms with E-state index >= 15 is 0 Å². The Kier molecular flexibility index (Phi) is 8.36. The minimum absolute atomic E-state index is 0.0765. The molecule has 2 aliphatic carbocycles. The predicted molar refractivity (Wildman–Crippen MR) is 177 cm³/mol. The number of aliphatic hydroxyl groups excluding tert-OH is 1. The van der Waals surface area contributed by atoms with Gasteiger partial charge in [0, 0.05) is 40.0 Å². The van der Waals surface area contributed by atoms with Crippen LogP contribution in [0.15, 0.2) is 22.7 Å². The molecule has 1 heterocycles. The van der Waals surface area contributed by atoms with Crippen molar-refractivity contribution < 1.29 is 44.0 Å². The molecule has 0 amide bonds. The average molecular weight is 651 g/mol. The summed E-state index contributed by atoms with van der Waals surface area (Å²) in [6.07, 6.45) is 0. The van der Waals surface area contributed by atoms with Gasteiger partial charge in [0.05, 0.1) is 21.7 Å². The van der Waals surface area contributed by atoms with Gasteiger partial charge in [-0.25, -0.2) is 0 Å². The van der Waals surface area contributed by atoms with Crippen LogP contribution in [0.5, 0.6) is 17.2 Å². The first-order valence-corrected chi connectivity index (χ1v) is 16.4. The van der Waals surface area contributed by atoms with E-state index in [9.17, 15) is 39.3 Å². The molecule has 0 saturated carbocycles. The highest BCUT2D eigenvalue weighted by Crippen LogP contribution is 2.62. The van der Waals surface area contributed by atoms with Gasteiger partial charge in [-0.15, -0.1) is 0 Å². The average Bonchev–Trinajstić information content (AvgIpc) is 2.96. The maximum Gasteiger partial charge on any atom is 0.175 e. The zero-order valence-corrected chi connectivity index (χ0v) is 30.2. The zero-order valence-electron chi connectivity index (χ0n) is 30.2. The number of allylic oxidation sites excluding steroid dienone is 4. The summed E-state index contributed by atoms with van der Waals surface area (Å²) in [4.78, 5) is 69.4. The Labute approximate surface area is 277 Å². The highest BCUT2D eigenvalue weighted by Gasteiger charge is 2.59. The highest BCUT2D eigenvalue weighted by atomic mass is 16.5. The predicted octanol–water partition coefficient (Wildman–Crippen LogP) is 7.28. The minimum atomic E-state index is -1.53. The topological polar surface area (TPSA) is 155 Å². The van der Waals surface area contributed by atoms with Gasteiger partial charge in [0.2, 0.25) is 0 Å². The van der Waals surface area contributed by atoms with Gasteiger partial charge >= 0.3 is 0 Å². The molecule has 0 bridgehead atoms. The van der Waals surface area contributed by atoms with E-state index in [1.807, 2.05) is 13.8 Å². The van der Waals surface area contributed by atoms with E-state index in [4.69, 9.17) is 4.74 Å². The van der Waals surface area contributed by atoms with Gasteiger partial charge in [-0.2, -0.15) is 0 Å². The number of carbonyl (C=O) groups excluding carboxylic acids is 5. The van der Waals surface area contributed by atoms with Crippen molar-refractivity contribution in [1.29, 1.82) is 0 Å². The normalized spacial score (nSPS) is 23.7. The largest absolute Gasteiger partial charge is 0.511 e. The molecule has 3 N–H and O–H groups in total. The third kappa shape index (κ3) is 4.73. The standard InChI is InChI=1S/C38H50O9/c1-15(2)18(22-29(42)35(7,8)33(45)36(9,10)30(22)43)20-26(40)21-19(16(3)4)23-31(44)37(11,12)34(46)38(13,14)32(23)47-28(21)24(27(20)41)25(39)17(5)6/h15-19,40-42H,1-14H3/t18-,19-/m1/s1. The van der Waals surface area contributed by atoms with Gasteiger partial charge in [0.25, 0.3) is 0 Å². The van der Waals surface area contributed by atoms with E-state index in [0.717, 1.165) is 0 Å². The Morgan fingerprint density at radius 2 is 1.19 bits per heavy atom. The molecule has 0 unspecified atom stereocenters. The van der Waals surface area contributed by atoms with Crippen LogP contribution in [0.4, 0.5) is 0 Å². The number of hydrogen-bond acceptors (Lipinski definition) is 9. The number of fused-ring (bicyclic) bond motifs is 1. The fraction of sp³-hybridized carbons (Fsp3) is 0.605. The number of Topliss-reactive ketones (excluding diaryl/α,β-unsaturated/α-hetero) is 5. The molecule has 0 aromatic heterocycles. The lowest BCUT2D eigenvalue weighted by Gasteiger charge is -2.46. The van der Waals surface area contributed by atoms with Crippen molar-refractivity contribution in [2.75, 3.05) is 0 Å². The number of phenols is 2. The second-order valence-corrected chi connectivity index (χ2v) is 16.6. The third-order valence-corrected chi connectivity index (χ3v) is 10.6. The van der Waals surface area contributed by atoms with Crippen molar-refractivity contribution in [3.63, 3.8) is 0 Å². The lowest BCUT2D eigenvalue weighted by Crippen LogP contribution is -2.52. The Bertz CT molecular complexity index is 1710. The number of hydrogen-bond donors (Lipinski definition) is 3. The molecule has 9 nitrogen and oxygen atoms in total. The van der Waals surface area contributed by atoms with Gasteiger partial charge in [0.15, 0.2) is 28.9 Å². The van der Waals surface area contributed by atoms with Crippen molar-refractivity contribution in [2.24, 2.45) is 39.4 Å². The van der Waals surface area contributed by atoms with E-state index in [2.05, 4.69) is 0 Å². The molecule has 3 aliphatic rings. The number of ether oxygens (including phenoxy) is 1. The van der Waals surface area contributed by atoms with Gasteiger partial charge in [-0.05, 0) is 67.2 Å². The van der Waals surface area contributed by atoms with Crippen molar-refractivity contribution in [3.8, 4) is 17.2 Å². The maximum absolute atomic E-state index is 14.2. The summed E-state index contributed by atoms with van der Waals surface area (Å²) in [5, 5.41) is 36.1. The molecule has 0 radical (unpaired) electrons. The molecule has 0 fully saturated rings. The number of aliphatic hydroxyl groups is 1. The summed E-state index contributed by atoms with van der Waals surface area (Å²) in [5.74, 6) is -7.72. The van der Waals surface area contributed by atoms with Crippen LogP contribution in [-0.2, 0) is 19.2 Å². The Morgan fingerprint density at radius 1 is 0.702 bits per heavy atom. The van der Waals surface area contributed by atoms with Crippen molar-refractivity contribution in [3.05, 3.63) is 39.4 Å². The lowest BCUT2D eigenvalue weighted by molar-refractivity contribution is -0.146. The highest BCUT2D eigenvalue weighted by molar-refractivity contribution is 6.21. The molecule has 1 aromatic rings. The monoisotopic (exact) mass is 650 g/mol. The summed E-state index contributed by atoms with van der Waals surface area (Å²) in [5.41, 5.74) is -5.93. The van der Waals surface area contributed by atoms with Crippen LogP contribution >= 0.6 is 0 Å². The molecule has 2 atom stereocenters. The van der Waals surface area contributed by atoms with Gasteiger partial charge in [-0.1, -0.05) is 41.5 Å². The number of aromatic hydroxyl groups is 2. The first-order valence-electron chi connectivity index (χ1n) is 16.4. The summed E-state index contributed by atoms with van der Waals surface area (Å²) >= 11 is 0. The molecular formula is C38H50O9. The Morgan fingerprint density at radius 3 is 1.66 bits per heavy atom. The third-order valence-electron chi connectivity index (χ3n) is 10.6. The summed E-state index contributed by atoms with van der Waals surface area (Å²) in [7, 11) is 0. The van der Waals surface area contributed by atoms with E-state index in [-0.39, 0.29) is 51.0 Å². The summed E-state index contributed by atoms with van der Waals surface area (Å²) in [6.45, 7) is 22.9. The number of ketones is 5. The zero-order chi connectivity index (χ0) is 36.3. The summed E-state index contributed by atoms with van der Waals surface area (Å²) in [6, 6.07) is 0. The molecule has 1 aliphatic heterocycles. The molecule has 47 heavy (non-hydrogen) atoms. The van der Waals surface area contributed by atoms with Gasteiger partial charge in [-0.3, -0.25) is 24.0 Å².